The minimum Gasteiger partial charge on any atom is -0.332 e. The van der Waals surface area contributed by atoms with Gasteiger partial charge in [0.2, 0.25) is 5.91 Å². The molecule has 1 amide bonds. The van der Waals surface area contributed by atoms with E-state index in [-0.39, 0.29) is 5.91 Å². The summed E-state index contributed by atoms with van der Waals surface area (Å²) >= 11 is 11.3. The summed E-state index contributed by atoms with van der Waals surface area (Å²) < 4.78 is 0. The first-order chi connectivity index (χ1) is 10.4. The van der Waals surface area contributed by atoms with E-state index in [2.05, 4.69) is 16.0 Å². The van der Waals surface area contributed by atoms with E-state index in [9.17, 15) is 4.79 Å². The molecule has 22 heavy (non-hydrogen) atoms. The first-order valence-corrected chi connectivity index (χ1v) is 7.44. The van der Waals surface area contributed by atoms with Crippen molar-refractivity contribution in [3.8, 4) is 0 Å². The van der Waals surface area contributed by atoms with Gasteiger partial charge in [0.15, 0.2) is 5.11 Å². The quantitative estimate of drug-likeness (QED) is 0.728. The molecular formula is C16H16ClN3OS. The summed E-state index contributed by atoms with van der Waals surface area (Å²) in [4.78, 5) is 11.1. The number of rotatable bonds is 3. The fourth-order valence-corrected chi connectivity index (χ4v) is 2.29. The van der Waals surface area contributed by atoms with Crippen LogP contribution in [0.3, 0.4) is 0 Å². The highest BCUT2D eigenvalue weighted by Gasteiger charge is 2.04. The van der Waals surface area contributed by atoms with Gasteiger partial charge in [-0.3, -0.25) is 4.79 Å². The molecule has 0 heterocycles. The summed E-state index contributed by atoms with van der Waals surface area (Å²) in [6.45, 7) is 3.44. The Morgan fingerprint density at radius 2 is 1.73 bits per heavy atom. The van der Waals surface area contributed by atoms with Gasteiger partial charge in [-0.05, 0) is 55.0 Å². The van der Waals surface area contributed by atoms with Crippen LogP contribution in [0.4, 0.5) is 17.1 Å². The van der Waals surface area contributed by atoms with Crippen LogP contribution in [0, 0.1) is 6.92 Å². The molecule has 0 unspecified atom stereocenters. The second-order valence-electron chi connectivity index (χ2n) is 4.80. The minimum absolute atomic E-state index is 0.118. The van der Waals surface area contributed by atoms with Crippen molar-refractivity contribution in [1.82, 2.24) is 0 Å². The summed E-state index contributed by atoms with van der Waals surface area (Å²) in [5.41, 5.74) is 3.38. The van der Waals surface area contributed by atoms with Crippen LogP contribution >= 0.6 is 23.8 Å². The van der Waals surface area contributed by atoms with Crippen molar-refractivity contribution < 1.29 is 4.79 Å². The molecule has 0 aliphatic rings. The number of hydrogen-bond acceptors (Lipinski definition) is 2. The maximum atomic E-state index is 11.1. The third-order valence-corrected chi connectivity index (χ3v) is 3.33. The second kappa shape index (κ2) is 7.24. The van der Waals surface area contributed by atoms with Gasteiger partial charge in [0.05, 0.1) is 0 Å². The van der Waals surface area contributed by atoms with Crippen LogP contribution < -0.4 is 16.0 Å². The standard InChI is InChI=1S/C16H16ClN3OS/c1-10-6-7-12(17)8-15(10)20-16(22)19-14-5-3-4-13(9-14)18-11(2)21/h3-9H,1-2H3,(H,18,21)(H2,19,20,22). The van der Waals surface area contributed by atoms with E-state index in [4.69, 9.17) is 23.8 Å². The van der Waals surface area contributed by atoms with E-state index in [1.807, 2.05) is 43.3 Å². The fourth-order valence-electron chi connectivity index (χ4n) is 1.89. The van der Waals surface area contributed by atoms with Gasteiger partial charge in [-0.2, -0.15) is 0 Å². The molecule has 0 saturated carbocycles. The monoisotopic (exact) mass is 333 g/mol. The average Bonchev–Trinajstić information content (AvgIpc) is 2.42. The Hall–Kier alpha value is -2.11. The van der Waals surface area contributed by atoms with E-state index in [1.165, 1.54) is 6.92 Å². The van der Waals surface area contributed by atoms with Crippen molar-refractivity contribution in [2.24, 2.45) is 0 Å². The van der Waals surface area contributed by atoms with Crippen LogP contribution in [0.5, 0.6) is 0 Å². The summed E-state index contributed by atoms with van der Waals surface area (Å²) in [5, 5.41) is 10.0. The molecule has 0 radical (unpaired) electrons. The number of aryl methyl sites for hydroxylation is 1. The van der Waals surface area contributed by atoms with E-state index >= 15 is 0 Å². The van der Waals surface area contributed by atoms with E-state index in [0.717, 1.165) is 16.9 Å². The molecule has 0 spiro atoms. The highest BCUT2D eigenvalue weighted by Crippen LogP contribution is 2.21. The Morgan fingerprint density at radius 1 is 1.05 bits per heavy atom. The average molecular weight is 334 g/mol. The summed E-state index contributed by atoms with van der Waals surface area (Å²) in [6, 6.07) is 12.9. The number of benzene rings is 2. The molecule has 2 aromatic rings. The van der Waals surface area contributed by atoms with Crippen LogP contribution in [0.15, 0.2) is 42.5 Å². The Labute approximate surface area is 139 Å². The highest BCUT2D eigenvalue weighted by molar-refractivity contribution is 7.80. The summed E-state index contributed by atoms with van der Waals surface area (Å²) in [7, 11) is 0. The number of nitrogens with one attached hydrogen (secondary N) is 3. The van der Waals surface area contributed by atoms with Gasteiger partial charge in [-0.25, -0.2) is 0 Å². The van der Waals surface area contributed by atoms with E-state index in [1.54, 1.807) is 6.07 Å². The molecule has 4 nitrogen and oxygen atoms in total. The molecule has 2 aromatic carbocycles. The zero-order valence-corrected chi connectivity index (χ0v) is 13.8. The predicted molar refractivity (Wildman–Crippen MR) is 96.8 cm³/mol. The number of anilines is 3. The van der Waals surface area contributed by atoms with Crippen molar-refractivity contribution in [3.63, 3.8) is 0 Å². The Morgan fingerprint density at radius 3 is 2.41 bits per heavy atom. The first-order valence-electron chi connectivity index (χ1n) is 6.66. The lowest BCUT2D eigenvalue weighted by molar-refractivity contribution is -0.114. The van der Waals surface area contributed by atoms with Crippen LogP contribution in [-0.4, -0.2) is 11.0 Å². The number of halogens is 1. The molecule has 0 aliphatic heterocycles. The summed E-state index contributed by atoms with van der Waals surface area (Å²) in [6.07, 6.45) is 0. The number of hydrogen-bond donors (Lipinski definition) is 3. The zero-order chi connectivity index (χ0) is 16.1. The zero-order valence-electron chi connectivity index (χ0n) is 12.2. The molecule has 6 heteroatoms. The van der Waals surface area contributed by atoms with Gasteiger partial charge in [0, 0.05) is 29.0 Å². The van der Waals surface area contributed by atoms with Gasteiger partial charge in [-0.15, -0.1) is 0 Å². The number of carbonyl (C=O) groups is 1. The first kappa shape index (κ1) is 16.3. The topological polar surface area (TPSA) is 53.2 Å². The molecule has 0 saturated heterocycles. The number of carbonyl (C=O) groups excluding carboxylic acids is 1. The van der Waals surface area contributed by atoms with Crippen molar-refractivity contribution in [3.05, 3.63) is 53.1 Å². The second-order valence-corrected chi connectivity index (χ2v) is 5.65. The molecule has 0 aliphatic carbocycles. The van der Waals surface area contributed by atoms with Crippen LogP contribution in [-0.2, 0) is 4.79 Å². The van der Waals surface area contributed by atoms with Crippen LogP contribution in [0.2, 0.25) is 5.02 Å². The predicted octanol–water partition coefficient (Wildman–Crippen LogP) is 4.42. The molecule has 0 fully saturated rings. The van der Waals surface area contributed by atoms with Gasteiger partial charge in [0.1, 0.15) is 0 Å². The van der Waals surface area contributed by atoms with Crippen LogP contribution in [0.1, 0.15) is 12.5 Å². The lowest BCUT2D eigenvalue weighted by atomic mass is 10.2. The molecule has 0 bridgehead atoms. The Bertz CT molecular complexity index is 718. The minimum atomic E-state index is -0.118. The third kappa shape index (κ3) is 4.72. The number of thiocarbonyl (C=S) groups is 1. The maximum absolute atomic E-state index is 11.1. The van der Waals surface area contributed by atoms with Gasteiger partial charge in [0.25, 0.3) is 0 Å². The molecule has 0 atom stereocenters. The normalized spacial score (nSPS) is 9.95. The lowest BCUT2D eigenvalue weighted by Crippen LogP contribution is -2.19. The third-order valence-electron chi connectivity index (χ3n) is 2.89. The fraction of sp³-hybridized carbons (Fsp3) is 0.125. The van der Waals surface area contributed by atoms with E-state index in [0.29, 0.717) is 15.8 Å². The molecule has 3 N–H and O–H groups in total. The number of amides is 1. The van der Waals surface area contributed by atoms with Crippen molar-refractivity contribution in [1.29, 1.82) is 0 Å². The lowest BCUT2D eigenvalue weighted by Gasteiger charge is -2.13. The summed E-state index contributed by atoms with van der Waals surface area (Å²) in [5.74, 6) is -0.118. The van der Waals surface area contributed by atoms with Crippen molar-refractivity contribution >= 4 is 51.9 Å². The molecule has 114 valence electrons. The van der Waals surface area contributed by atoms with Gasteiger partial charge < -0.3 is 16.0 Å². The largest absolute Gasteiger partial charge is 0.332 e. The Balaban J connectivity index is 2.05. The maximum Gasteiger partial charge on any atom is 0.221 e. The highest BCUT2D eigenvalue weighted by atomic mass is 35.5. The molecule has 2 rings (SSSR count). The van der Waals surface area contributed by atoms with Gasteiger partial charge in [-0.1, -0.05) is 23.7 Å². The van der Waals surface area contributed by atoms with E-state index < -0.39 is 0 Å². The molecule has 0 aromatic heterocycles. The Kier molecular flexibility index (Phi) is 5.35. The van der Waals surface area contributed by atoms with Crippen LogP contribution in [0.25, 0.3) is 0 Å². The van der Waals surface area contributed by atoms with Gasteiger partial charge >= 0.3 is 0 Å². The molecular weight excluding hydrogens is 318 g/mol. The van der Waals surface area contributed by atoms with Crippen molar-refractivity contribution in [2.75, 3.05) is 16.0 Å². The smallest absolute Gasteiger partial charge is 0.221 e. The SMILES string of the molecule is CC(=O)Nc1cccc(NC(=S)Nc2cc(Cl)ccc2C)c1. The van der Waals surface area contributed by atoms with Crippen molar-refractivity contribution in [2.45, 2.75) is 13.8 Å².